The van der Waals surface area contributed by atoms with Crippen molar-refractivity contribution in [3.8, 4) is 28.7 Å². The Morgan fingerprint density at radius 2 is 1.41 bits per heavy atom. The van der Waals surface area contributed by atoms with Gasteiger partial charge in [-0.05, 0) is 47.7 Å². The number of methoxy groups -OCH3 is 5. The van der Waals surface area contributed by atoms with E-state index in [1.165, 1.54) is 5.56 Å². The van der Waals surface area contributed by atoms with Crippen LogP contribution in [0.1, 0.15) is 33.1 Å². The van der Waals surface area contributed by atoms with Crippen LogP contribution in [0.3, 0.4) is 0 Å². The molecule has 154 valence electrons. The summed E-state index contributed by atoms with van der Waals surface area (Å²) in [7, 11) is 7.91. The van der Waals surface area contributed by atoms with E-state index in [0.29, 0.717) is 47.3 Å². The molecule has 4 rings (SSSR count). The third-order valence-electron chi connectivity index (χ3n) is 5.80. The lowest BCUT2D eigenvalue weighted by Crippen LogP contribution is -2.44. The summed E-state index contributed by atoms with van der Waals surface area (Å²) in [5, 5.41) is 0. The van der Waals surface area contributed by atoms with Gasteiger partial charge < -0.3 is 28.6 Å². The van der Waals surface area contributed by atoms with Crippen LogP contribution in [-0.2, 0) is 12.8 Å². The molecule has 0 radical (unpaired) electrons. The number of ether oxygens (including phenoxy) is 5. The van der Waals surface area contributed by atoms with Crippen molar-refractivity contribution in [2.24, 2.45) is 0 Å². The van der Waals surface area contributed by atoms with Crippen molar-refractivity contribution in [1.29, 1.82) is 0 Å². The molecule has 2 aliphatic rings. The molecule has 0 unspecified atom stereocenters. The van der Waals surface area contributed by atoms with E-state index >= 15 is 0 Å². The largest absolute Gasteiger partial charge is 0.493 e. The van der Waals surface area contributed by atoms with E-state index in [-0.39, 0.29) is 11.9 Å². The van der Waals surface area contributed by atoms with Gasteiger partial charge in [-0.25, -0.2) is 0 Å². The van der Waals surface area contributed by atoms with Crippen molar-refractivity contribution < 1.29 is 28.5 Å². The van der Waals surface area contributed by atoms with Crippen molar-refractivity contribution in [3.63, 3.8) is 0 Å². The summed E-state index contributed by atoms with van der Waals surface area (Å²) in [5.74, 6) is 2.71. The Bertz CT molecular complexity index is 971. The average molecular weight is 399 g/mol. The predicted molar refractivity (Wildman–Crippen MR) is 107 cm³/mol. The predicted octanol–water partition coefficient (Wildman–Crippen LogP) is 3.03. The molecule has 2 aromatic rings. The lowest BCUT2D eigenvalue weighted by Gasteiger charge is -2.42. The van der Waals surface area contributed by atoms with E-state index in [4.69, 9.17) is 23.7 Å². The molecular formula is C22H25NO6. The highest BCUT2D eigenvalue weighted by Gasteiger charge is 2.40. The SMILES string of the molecule is COc1cc2c(cc1OC)[C@@H]1Cc3cc(OC)c(OC)c(OC)c3C(=O)N1CC2. The third kappa shape index (κ3) is 2.84. The van der Waals surface area contributed by atoms with E-state index in [2.05, 4.69) is 0 Å². The zero-order chi connectivity index (χ0) is 20.7. The normalized spacial score (nSPS) is 17.1. The average Bonchev–Trinajstić information content (AvgIpc) is 2.76. The van der Waals surface area contributed by atoms with Gasteiger partial charge in [-0.1, -0.05) is 0 Å². The van der Waals surface area contributed by atoms with Crippen molar-refractivity contribution >= 4 is 5.91 Å². The summed E-state index contributed by atoms with van der Waals surface area (Å²) < 4.78 is 27.5. The van der Waals surface area contributed by atoms with Crippen molar-refractivity contribution in [3.05, 3.63) is 40.5 Å². The monoisotopic (exact) mass is 399 g/mol. The van der Waals surface area contributed by atoms with Crippen LogP contribution in [0.2, 0.25) is 0 Å². The maximum atomic E-state index is 13.5. The fourth-order valence-electron chi connectivity index (χ4n) is 4.45. The maximum Gasteiger partial charge on any atom is 0.258 e. The third-order valence-corrected chi connectivity index (χ3v) is 5.80. The first kappa shape index (κ1) is 19.2. The van der Waals surface area contributed by atoms with Crippen LogP contribution in [0.4, 0.5) is 0 Å². The van der Waals surface area contributed by atoms with E-state index in [1.54, 1.807) is 35.5 Å². The highest BCUT2D eigenvalue weighted by atomic mass is 16.5. The molecule has 1 atom stereocenters. The number of nitrogens with zero attached hydrogens (tertiary/aromatic N) is 1. The quantitative estimate of drug-likeness (QED) is 0.770. The molecule has 2 heterocycles. The Balaban J connectivity index is 1.87. The molecule has 0 aromatic heterocycles. The molecule has 0 saturated carbocycles. The number of hydrogen-bond donors (Lipinski definition) is 0. The molecule has 2 aliphatic heterocycles. The summed E-state index contributed by atoms with van der Waals surface area (Å²) in [6.45, 7) is 0.628. The Morgan fingerprint density at radius 1 is 0.793 bits per heavy atom. The second kappa shape index (κ2) is 7.39. The lowest BCUT2D eigenvalue weighted by atomic mass is 9.83. The lowest BCUT2D eigenvalue weighted by molar-refractivity contribution is 0.0625. The van der Waals surface area contributed by atoms with Crippen molar-refractivity contribution in [1.82, 2.24) is 4.90 Å². The minimum Gasteiger partial charge on any atom is -0.493 e. The number of rotatable bonds is 5. The van der Waals surface area contributed by atoms with E-state index in [1.807, 2.05) is 23.1 Å². The molecule has 0 fully saturated rings. The summed E-state index contributed by atoms with van der Waals surface area (Å²) in [4.78, 5) is 15.4. The van der Waals surface area contributed by atoms with Gasteiger partial charge in [0.2, 0.25) is 5.75 Å². The van der Waals surface area contributed by atoms with Crippen LogP contribution in [0.25, 0.3) is 0 Å². The topological polar surface area (TPSA) is 66.5 Å². The standard InChI is InChI=1S/C22H25NO6/c1-25-16-9-12-6-7-23-15(14(12)11-17(16)26-2)8-13-10-18(27-3)20(28-4)21(29-5)19(13)22(23)24/h9-11,15H,6-8H2,1-5H3/t15-/m0/s1. The Labute approximate surface area is 170 Å². The fourth-order valence-corrected chi connectivity index (χ4v) is 4.45. The van der Waals surface area contributed by atoms with Gasteiger partial charge in [0.25, 0.3) is 5.91 Å². The molecule has 1 amide bonds. The van der Waals surface area contributed by atoms with Crippen LogP contribution >= 0.6 is 0 Å². The van der Waals surface area contributed by atoms with Crippen LogP contribution in [0, 0.1) is 0 Å². The first-order chi connectivity index (χ1) is 14.1. The van der Waals surface area contributed by atoms with Crippen LogP contribution in [-0.4, -0.2) is 52.9 Å². The molecule has 2 aromatic carbocycles. The second-order valence-corrected chi connectivity index (χ2v) is 7.05. The summed E-state index contributed by atoms with van der Waals surface area (Å²) in [6, 6.07) is 5.80. The molecule has 0 aliphatic carbocycles. The van der Waals surface area contributed by atoms with Gasteiger partial charge in [-0.3, -0.25) is 4.79 Å². The Morgan fingerprint density at radius 3 is 2.03 bits per heavy atom. The molecule has 29 heavy (non-hydrogen) atoms. The molecule has 7 nitrogen and oxygen atoms in total. The zero-order valence-corrected chi connectivity index (χ0v) is 17.3. The van der Waals surface area contributed by atoms with E-state index in [0.717, 1.165) is 17.5 Å². The minimum absolute atomic E-state index is 0.0607. The molecule has 0 bridgehead atoms. The summed E-state index contributed by atoms with van der Waals surface area (Å²) in [6.07, 6.45) is 1.41. The highest BCUT2D eigenvalue weighted by Crippen LogP contribution is 2.48. The number of carbonyl (C=O) groups is 1. The molecule has 0 spiro atoms. The molecular weight excluding hydrogens is 374 g/mol. The summed E-state index contributed by atoms with van der Waals surface area (Å²) >= 11 is 0. The number of carbonyl (C=O) groups excluding carboxylic acids is 1. The highest BCUT2D eigenvalue weighted by molar-refractivity contribution is 6.01. The van der Waals surface area contributed by atoms with Crippen LogP contribution in [0.15, 0.2) is 18.2 Å². The van der Waals surface area contributed by atoms with Crippen LogP contribution < -0.4 is 23.7 Å². The molecule has 0 saturated heterocycles. The smallest absolute Gasteiger partial charge is 0.258 e. The van der Waals surface area contributed by atoms with Gasteiger partial charge in [-0.15, -0.1) is 0 Å². The van der Waals surface area contributed by atoms with Gasteiger partial charge in [0, 0.05) is 6.54 Å². The number of fused-ring (bicyclic) bond motifs is 4. The van der Waals surface area contributed by atoms with Gasteiger partial charge in [-0.2, -0.15) is 0 Å². The number of hydrogen-bond acceptors (Lipinski definition) is 6. The second-order valence-electron chi connectivity index (χ2n) is 7.05. The number of benzene rings is 2. The number of amides is 1. The summed E-state index contributed by atoms with van der Waals surface area (Å²) in [5.41, 5.74) is 3.69. The minimum atomic E-state index is -0.0821. The molecule has 0 N–H and O–H groups in total. The van der Waals surface area contributed by atoms with E-state index < -0.39 is 0 Å². The first-order valence-corrected chi connectivity index (χ1v) is 9.45. The van der Waals surface area contributed by atoms with Crippen LogP contribution in [0.5, 0.6) is 28.7 Å². The first-order valence-electron chi connectivity index (χ1n) is 9.45. The van der Waals surface area contributed by atoms with Crippen molar-refractivity contribution in [2.75, 3.05) is 42.1 Å². The maximum absolute atomic E-state index is 13.5. The Kier molecular flexibility index (Phi) is 4.90. The van der Waals surface area contributed by atoms with Gasteiger partial charge in [0.15, 0.2) is 23.0 Å². The van der Waals surface area contributed by atoms with Gasteiger partial charge in [0.05, 0.1) is 47.2 Å². The van der Waals surface area contributed by atoms with Gasteiger partial charge >= 0.3 is 0 Å². The molecule has 7 heteroatoms. The van der Waals surface area contributed by atoms with Gasteiger partial charge in [0.1, 0.15) is 0 Å². The van der Waals surface area contributed by atoms with E-state index in [9.17, 15) is 4.79 Å². The Hall–Kier alpha value is -3.09. The zero-order valence-electron chi connectivity index (χ0n) is 17.3. The fraction of sp³-hybridized carbons (Fsp3) is 0.409. The van der Waals surface area contributed by atoms with Crippen molar-refractivity contribution in [2.45, 2.75) is 18.9 Å².